The second kappa shape index (κ2) is 11.1. The molecule has 40 heavy (non-hydrogen) atoms. The highest BCUT2D eigenvalue weighted by Crippen LogP contribution is 2.41. The second-order valence-electron chi connectivity index (χ2n) is 9.99. The average Bonchev–Trinajstić information content (AvgIpc) is 3.53. The molecular weight excluding hydrogens is 496 g/mol. The molecule has 0 aliphatic heterocycles. The zero-order valence-corrected chi connectivity index (χ0v) is 22.4. The molecule has 1 atom stereocenters. The predicted molar refractivity (Wildman–Crippen MR) is 155 cm³/mol. The van der Waals surface area contributed by atoms with E-state index in [1.165, 1.54) is 7.11 Å². The average molecular weight is 527 g/mol. The van der Waals surface area contributed by atoms with Crippen molar-refractivity contribution in [2.75, 3.05) is 7.11 Å². The van der Waals surface area contributed by atoms with E-state index in [1.807, 2.05) is 72.8 Å². The molecule has 0 spiro atoms. The molecular formula is C34H30N4O2. The van der Waals surface area contributed by atoms with Crippen LogP contribution in [0, 0.1) is 0 Å². The number of carbonyl (C=O) groups is 1. The number of benzene rings is 4. The summed E-state index contributed by atoms with van der Waals surface area (Å²) in [6.45, 7) is 0. The molecule has 1 aliphatic rings. The Morgan fingerprint density at radius 1 is 0.800 bits per heavy atom. The molecule has 0 bridgehead atoms. The monoisotopic (exact) mass is 526 g/mol. The molecule has 6 nitrogen and oxygen atoms in total. The van der Waals surface area contributed by atoms with Crippen molar-refractivity contribution in [3.63, 3.8) is 0 Å². The minimum absolute atomic E-state index is 0.240. The molecule has 5 aromatic rings. The fourth-order valence-corrected chi connectivity index (χ4v) is 5.84. The molecule has 4 aromatic carbocycles. The van der Waals surface area contributed by atoms with Crippen LogP contribution in [-0.4, -0.2) is 33.3 Å². The van der Waals surface area contributed by atoms with Crippen molar-refractivity contribution >= 4 is 5.97 Å². The summed E-state index contributed by atoms with van der Waals surface area (Å²) in [4.78, 5) is 13.8. The number of ether oxygens (including phenoxy) is 1. The van der Waals surface area contributed by atoms with Gasteiger partial charge in [0.1, 0.15) is 0 Å². The van der Waals surface area contributed by atoms with Crippen molar-refractivity contribution in [2.24, 2.45) is 0 Å². The van der Waals surface area contributed by atoms with Crippen LogP contribution in [0.5, 0.6) is 0 Å². The first-order valence-electron chi connectivity index (χ1n) is 13.6. The van der Waals surface area contributed by atoms with Crippen molar-refractivity contribution in [1.82, 2.24) is 20.2 Å². The summed E-state index contributed by atoms with van der Waals surface area (Å²) in [6, 6.07) is 39.3. The van der Waals surface area contributed by atoms with Gasteiger partial charge in [0.25, 0.3) is 0 Å². The summed E-state index contributed by atoms with van der Waals surface area (Å²) in [5.74, 6) is 0.583. The highest BCUT2D eigenvalue weighted by Gasteiger charge is 2.41. The first-order chi connectivity index (χ1) is 19.7. The van der Waals surface area contributed by atoms with Crippen molar-refractivity contribution in [1.29, 1.82) is 0 Å². The first kappa shape index (κ1) is 25.4. The molecule has 0 fully saturated rings. The Labute approximate surface area is 234 Å². The lowest BCUT2D eigenvalue weighted by Crippen LogP contribution is -2.39. The SMILES string of the molecule is COC(=O)C1=CCC(c2ccccc2-c2nnn(C(c3ccccc3)(c3ccccc3)c3ccccc3)n2)CC1. The van der Waals surface area contributed by atoms with Crippen LogP contribution in [0.25, 0.3) is 11.4 Å². The van der Waals surface area contributed by atoms with Gasteiger partial charge in [0.15, 0.2) is 5.54 Å². The second-order valence-corrected chi connectivity index (χ2v) is 9.99. The molecule has 0 saturated carbocycles. The Morgan fingerprint density at radius 3 is 1.88 bits per heavy atom. The summed E-state index contributed by atoms with van der Waals surface area (Å²) in [6.07, 6.45) is 4.31. The molecule has 1 unspecified atom stereocenters. The lowest BCUT2D eigenvalue weighted by atomic mass is 9.77. The quantitative estimate of drug-likeness (QED) is 0.178. The maximum absolute atomic E-state index is 12.0. The maximum Gasteiger partial charge on any atom is 0.333 e. The minimum atomic E-state index is -0.826. The van der Waals surface area contributed by atoms with E-state index in [1.54, 1.807) is 4.80 Å². The number of methoxy groups -OCH3 is 1. The molecule has 1 heterocycles. The number of nitrogens with zero attached hydrogens (tertiary/aromatic N) is 4. The Bertz CT molecular complexity index is 1530. The lowest BCUT2D eigenvalue weighted by Gasteiger charge is -2.34. The van der Waals surface area contributed by atoms with E-state index >= 15 is 0 Å². The van der Waals surface area contributed by atoms with Gasteiger partial charge in [-0.3, -0.25) is 0 Å². The molecule has 1 aliphatic carbocycles. The van der Waals surface area contributed by atoms with Crippen LogP contribution in [0.3, 0.4) is 0 Å². The van der Waals surface area contributed by atoms with Crippen molar-refractivity contribution < 1.29 is 9.53 Å². The fourth-order valence-electron chi connectivity index (χ4n) is 5.84. The Balaban J connectivity index is 1.49. The van der Waals surface area contributed by atoms with Crippen LogP contribution in [0.2, 0.25) is 0 Å². The molecule has 0 radical (unpaired) electrons. The third-order valence-corrected chi connectivity index (χ3v) is 7.79. The fraction of sp³-hybridized carbons (Fsp3) is 0.176. The van der Waals surface area contributed by atoms with Gasteiger partial charge in [-0.2, -0.15) is 0 Å². The Morgan fingerprint density at radius 2 is 1.35 bits per heavy atom. The van der Waals surface area contributed by atoms with Crippen LogP contribution in [0.15, 0.2) is 127 Å². The van der Waals surface area contributed by atoms with Gasteiger partial charge in [-0.05, 0) is 52.6 Å². The number of esters is 1. The molecule has 6 heteroatoms. The van der Waals surface area contributed by atoms with Crippen LogP contribution in [0.1, 0.15) is 47.4 Å². The van der Waals surface area contributed by atoms with Gasteiger partial charge >= 0.3 is 5.97 Å². The number of hydrogen-bond acceptors (Lipinski definition) is 5. The van der Waals surface area contributed by atoms with E-state index < -0.39 is 5.54 Å². The van der Waals surface area contributed by atoms with Crippen molar-refractivity contribution in [2.45, 2.75) is 30.7 Å². The van der Waals surface area contributed by atoms with Crippen LogP contribution < -0.4 is 0 Å². The largest absolute Gasteiger partial charge is 0.466 e. The Kier molecular flexibility index (Phi) is 7.06. The topological polar surface area (TPSA) is 69.9 Å². The zero-order chi connectivity index (χ0) is 27.4. The van der Waals surface area contributed by atoms with E-state index in [9.17, 15) is 4.79 Å². The zero-order valence-electron chi connectivity index (χ0n) is 22.4. The van der Waals surface area contributed by atoms with E-state index in [0.717, 1.165) is 46.2 Å². The van der Waals surface area contributed by atoms with Crippen LogP contribution >= 0.6 is 0 Å². The summed E-state index contributed by atoms with van der Waals surface area (Å²) >= 11 is 0. The summed E-state index contributed by atoms with van der Waals surface area (Å²) in [5.41, 5.74) is 5.15. The highest BCUT2D eigenvalue weighted by molar-refractivity contribution is 5.88. The number of allylic oxidation sites excluding steroid dienone is 1. The predicted octanol–water partition coefficient (Wildman–Crippen LogP) is 6.55. The Hall–Kier alpha value is -4.84. The highest BCUT2D eigenvalue weighted by atomic mass is 16.5. The smallest absolute Gasteiger partial charge is 0.333 e. The third-order valence-electron chi connectivity index (χ3n) is 7.79. The summed E-state index contributed by atoms with van der Waals surface area (Å²) in [5, 5.41) is 14.5. The van der Waals surface area contributed by atoms with Gasteiger partial charge in [-0.15, -0.1) is 15.0 Å². The molecule has 0 N–H and O–H groups in total. The first-order valence-corrected chi connectivity index (χ1v) is 13.6. The van der Waals surface area contributed by atoms with Gasteiger partial charge in [-0.1, -0.05) is 121 Å². The molecule has 0 amide bonds. The molecule has 1 aromatic heterocycles. The number of carbonyl (C=O) groups excluding carboxylic acids is 1. The molecule has 0 saturated heterocycles. The van der Waals surface area contributed by atoms with Gasteiger partial charge in [0.05, 0.1) is 7.11 Å². The molecule has 198 valence electrons. The molecule has 6 rings (SSSR count). The van der Waals surface area contributed by atoms with E-state index in [4.69, 9.17) is 15.0 Å². The van der Waals surface area contributed by atoms with Crippen molar-refractivity contribution in [3.05, 3.63) is 149 Å². The number of rotatable bonds is 7. The third kappa shape index (κ3) is 4.51. The summed E-state index contributed by atoms with van der Waals surface area (Å²) < 4.78 is 4.93. The number of aromatic nitrogens is 4. The van der Waals surface area contributed by atoms with Gasteiger partial charge < -0.3 is 4.74 Å². The van der Waals surface area contributed by atoms with E-state index in [2.05, 4.69) is 53.6 Å². The summed E-state index contributed by atoms with van der Waals surface area (Å²) in [7, 11) is 1.43. The van der Waals surface area contributed by atoms with Crippen LogP contribution in [-0.2, 0) is 15.1 Å². The standard InChI is InChI=1S/C34H30N4O2/c1-40-33(39)26-23-21-25(22-24-26)30-19-11-12-20-31(30)32-35-37-38(36-32)34(27-13-5-2-6-14-27,28-15-7-3-8-16-28)29-17-9-4-10-18-29/h2-20,23,25H,21-22,24H2,1H3. The van der Waals surface area contributed by atoms with Gasteiger partial charge in [0.2, 0.25) is 5.82 Å². The van der Waals surface area contributed by atoms with Gasteiger partial charge in [0, 0.05) is 11.1 Å². The van der Waals surface area contributed by atoms with Gasteiger partial charge in [-0.25, -0.2) is 4.79 Å². The van der Waals surface area contributed by atoms with E-state index in [-0.39, 0.29) is 11.9 Å². The number of tetrazole rings is 1. The lowest BCUT2D eigenvalue weighted by molar-refractivity contribution is -0.136. The van der Waals surface area contributed by atoms with Crippen molar-refractivity contribution in [3.8, 4) is 11.4 Å². The van der Waals surface area contributed by atoms with E-state index in [0.29, 0.717) is 12.2 Å². The number of hydrogen-bond donors (Lipinski definition) is 0. The normalized spacial score (nSPS) is 15.3. The van der Waals surface area contributed by atoms with Crippen LogP contribution in [0.4, 0.5) is 0 Å². The minimum Gasteiger partial charge on any atom is -0.466 e. The maximum atomic E-state index is 12.0.